The molecule has 0 aromatic heterocycles. The second-order valence-electron chi connectivity index (χ2n) is 5.56. The molecule has 8 nitrogen and oxygen atoms in total. The van der Waals surface area contributed by atoms with Crippen LogP contribution in [0.4, 0.5) is 4.79 Å². The number of amides is 3. The summed E-state index contributed by atoms with van der Waals surface area (Å²) in [6.45, 7) is 8.88. The number of ether oxygens (including phenoxy) is 3. The van der Waals surface area contributed by atoms with E-state index in [0.29, 0.717) is 52.7 Å². The summed E-state index contributed by atoms with van der Waals surface area (Å²) in [7, 11) is 0. The Morgan fingerprint density at radius 3 is 1.60 bits per heavy atom. The van der Waals surface area contributed by atoms with E-state index in [1.807, 2.05) is 0 Å². The van der Waals surface area contributed by atoms with Crippen molar-refractivity contribution in [2.45, 2.75) is 39.5 Å². The van der Waals surface area contributed by atoms with Gasteiger partial charge >= 0.3 is 6.03 Å². The summed E-state index contributed by atoms with van der Waals surface area (Å²) in [5, 5.41) is 8.29. The Labute approximate surface area is 151 Å². The van der Waals surface area contributed by atoms with Gasteiger partial charge in [-0.1, -0.05) is 13.3 Å². The molecule has 0 saturated carbocycles. The molecule has 0 radical (unpaired) electrons. The first-order chi connectivity index (χ1) is 12.2. The van der Waals surface area contributed by atoms with E-state index in [0.717, 1.165) is 32.2 Å². The molecule has 148 valence electrons. The number of carbonyl (C=O) groups excluding carboxylic acids is 2. The number of rotatable bonds is 17. The smallest absolute Gasteiger partial charge is 0.314 e. The van der Waals surface area contributed by atoms with E-state index in [-0.39, 0.29) is 11.9 Å². The third kappa shape index (κ3) is 20.6. The fraction of sp³-hybridized carbons (Fsp3) is 0.882. The Bertz CT molecular complexity index is 329. The van der Waals surface area contributed by atoms with E-state index in [1.165, 1.54) is 6.92 Å². The average Bonchev–Trinajstić information content (AvgIpc) is 2.58. The van der Waals surface area contributed by atoms with E-state index in [4.69, 9.17) is 14.2 Å². The molecular formula is C17H35N3O5. The second kappa shape index (κ2) is 19.0. The third-order valence-corrected chi connectivity index (χ3v) is 3.15. The van der Waals surface area contributed by atoms with Crippen molar-refractivity contribution in [2.75, 3.05) is 59.3 Å². The van der Waals surface area contributed by atoms with Crippen molar-refractivity contribution >= 4 is 11.9 Å². The van der Waals surface area contributed by atoms with Gasteiger partial charge < -0.3 is 30.2 Å². The lowest BCUT2D eigenvalue weighted by Crippen LogP contribution is -2.36. The Morgan fingerprint density at radius 1 is 0.680 bits per heavy atom. The second-order valence-corrected chi connectivity index (χ2v) is 5.56. The van der Waals surface area contributed by atoms with Gasteiger partial charge in [-0.05, 0) is 19.3 Å². The molecule has 0 aromatic rings. The summed E-state index contributed by atoms with van der Waals surface area (Å²) in [4.78, 5) is 22.0. The van der Waals surface area contributed by atoms with Crippen molar-refractivity contribution in [3.05, 3.63) is 0 Å². The van der Waals surface area contributed by atoms with Crippen LogP contribution < -0.4 is 16.0 Å². The average molecular weight is 361 g/mol. The van der Waals surface area contributed by atoms with Crippen LogP contribution in [0, 0.1) is 0 Å². The summed E-state index contributed by atoms with van der Waals surface area (Å²) in [5.74, 6) is -0.0191. The molecule has 0 aromatic carbocycles. The molecule has 3 amide bonds. The van der Waals surface area contributed by atoms with Crippen molar-refractivity contribution < 1.29 is 23.8 Å². The number of unbranched alkanes of at least 4 members (excludes halogenated alkanes) is 1. The fourth-order valence-corrected chi connectivity index (χ4v) is 1.80. The number of urea groups is 1. The number of carbonyl (C=O) groups is 2. The van der Waals surface area contributed by atoms with Crippen LogP contribution in [-0.2, 0) is 19.0 Å². The fourth-order valence-electron chi connectivity index (χ4n) is 1.80. The zero-order valence-corrected chi connectivity index (χ0v) is 15.7. The largest absolute Gasteiger partial charge is 0.379 e. The summed E-state index contributed by atoms with van der Waals surface area (Å²) >= 11 is 0. The van der Waals surface area contributed by atoms with Crippen LogP contribution in [0.25, 0.3) is 0 Å². The minimum atomic E-state index is -0.117. The van der Waals surface area contributed by atoms with Crippen molar-refractivity contribution in [1.82, 2.24) is 16.0 Å². The molecular weight excluding hydrogens is 326 g/mol. The van der Waals surface area contributed by atoms with Crippen molar-refractivity contribution in [1.29, 1.82) is 0 Å². The van der Waals surface area contributed by atoms with Gasteiger partial charge in [0, 0.05) is 39.8 Å². The molecule has 0 saturated heterocycles. The standard InChI is InChI=1S/C17H35N3O5/c1-3-4-7-19-17(22)20-9-6-11-24-13-15-25-14-12-23-10-5-8-18-16(2)21/h3-15H2,1-2H3,(H,18,21)(H2,19,20,22). The zero-order valence-electron chi connectivity index (χ0n) is 15.7. The van der Waals surface area contributed by atoms with Crippen LogP contribution >= 0.6 is 0 Å². The van der Waals surface area contributed by atoms with Crippen molar-refractivity contribution in [3.63, 3.8) is 0 Å². The molecule has 0 rings (SSSR count). The summed E-state index contributed by atoms with van der Waals surface area (Å²) in [5.41, 5.74) is 0. The molecule has 0 atom stereocenters. The SMILES string of the molecule is CCCCNC(=O)NCCCOCCOCCOCCCNC(C)=O. The van der Waals surface area contributed by atoms with Crippen LogP contribution in [-0.4, -0.2) is 71.2 Å². The van der Waals surface area contributed by atoms with Gasteiger partial charge in [0.15, 0.2) is 0 Å². The van der Waals surface area contributed by atoms with Gasteiger partial charge in [0.05, 0.1) is 26.4 Å². The van der Waals surface area contributed by atoms with Gasteiger partial charge in [-0.3, -0.25) is 4.79 Å². The highest BCUT2D eigenvalue weighted by Crippen LogP contribution is 1.86. The molecule has 0 heterocycles. The zero-order chi connectivity index (χ0) is 18.6. The number of hydrogen-bond acceptors (Lipinski definition) is 5. The van der Waals surface area contributed by atoms with Crippen molar-refractivity contribution in [3.8, 4) is 0 Å². The maximum Gasteiger partial charge on any atom is 0.314 e. The van der Waals surface area contributed by atoms with Crippen LogP contribution in [0.15, 0.2) is 0 Å². The lowest BCUT2D eigenvalue weighted by Gasteiger charge is -2.08. The highest BCUT2D eigenvalue weighted by molar-refractivity contribution is 5.73. The summed E-state index contributed by atoms with van der Waals surface area (Å²) in [6, 6.07) is -0.117. The highest BCUT2D eigenvalue weighted by atomic mass is 16.5. The van der Waals surface area contributed by atoms with Crippen molar-refractivity contribution in [2.24, 2.45) is 0 Å². The van der Waals surface area contributed by atoms with Gasteiger partial charge in [0.25, 0.3) is 0 Å². The Balaban J connectivity index is 3.09. The normalized spacial score (nSPS) is 10.5. The molecule has 25 heavy (non-hydrogen) atoms. The predicted molar refractivity (Wildman–Crippen MR) is 96.7 cm³/mol. The topological polar surface area (TPSA) is 97.9 Å². The van der Waals surface area contributed by atoms with E-state index >= 15 is 0 Å². The number of hydrogen-bond donors (Lipinski definition) is 3. The quantitative estimate of drug-likeness (QED) is 0.337. The maximum absolute atomic E-state index is 11.4. The molecule has 0 spiro atoms. The molecule has 0 bridgehead atoms. The van der Waals surface area contributed by atoms with Gasteiger partial charge in [0.2, 0.25) is 5.91 Å². The molecule has 0 unspecified atom stereocenters. The van der Waals surface area contributed by atoms with Crippen LogP contribution in [0.2, 0.25) is 0 Å². The number of nitrogens with one attached hydrogen (secondary N) is 3. The molecule has 3 N–H and O–H groups in total. The summed E-state index contributed by atoms with van der Waals surface area (Å²) in [6.07, 6.45) is 3.64. The molecule has 8 heteroatoms. The van der Waals surface area contributed by atoms with Crippen LogP contribution in [0.3, 0.4) is 0 Å². The van der Waals surface area contributed by atoms with Gasteiger partial charge in [-0.2, -0.15) is 0 Å². The summed E-state index contributed by atoms with van der Waals surface area (Å²) < 4.78 is 16.2. The Morgan fingerprint density at radius 2 is 1.12 bits per heavy atom. The minimum Gasteiger partial charge on any atom is -0.379 e. The molecule has 0 aliphatic heterocycles. The first kappa shape index (κ1) is 23.6. The van der Waals surface area contributed by atoms with E-state index in [1.54, 1.807) is 0 Å². The van der Waals surface area contributed by atoms with Gasteiger partial charge in [0.1, 0.15) is 0 Å². The molecule has 0 fully saturated rings. The molecule has 0 aliphatic carbocycles. The van der Waals surface area contributed by atoms with Crippen LogP contribution in [0.1, 0.15) is 39.5 Å². The highest BCUT2D eigenvalue weighted by Gasteiger charge is 1.98. The van der Waals surface area contributed by atoms with Crippen LogP contribution in [0.5, 0.6) is 0 Å². The predicted octanol–water partition coefficient (Wildman–Crippen LogP) is 1.05. The first-order valence-electron chi connectivity index (χ1n) is 9.16. The first-order valence-corrected chi connectivity index (χ1v) is 9.16. The van der Waals surface area contributed by atoms with E-state index < -0.39 is 0 Å². The maximum atomic E-state index is 11.4. The van der Waals surface area contributed by atoms with E-state index in [9.17, 15) is 9.59 Å². The lowest BCUT2D eigenvalue weighted by atomic mass is 10.3. The monoisotopic (exact) mass is 361 g/mol. The third-order valence-electron chi connectivity index (χ3n) is 3.15. The lowest BCUT2D eigenvalue weighted by molar-refractivity contribution is -0.119. The minimum absolute atomic E-state index is 0.0191. The van der Waals surface area contributed by atoms with Gasteiger partial charge in [-0.25, -0.2) is 4.79 Å². The van der Waals surface area contributed by atoms with Gasteiger partial charge in [-0.15, -0.1) is 0 Å². The van der Waals surface area contributed by atoms with E-state index in [2.05, 4.69) is 22.9 Å². The Hall–Kier alpha value is -1.38. The Kier molecular flexibility index (Phi) is 17.9. The molecule has 0 aliphatic rings.